The van der Waals surface area contributed by atoms with Gasteiger partial charge in [0.25, 0.3) is 5.91 Å². The van der Waals surface area contributed by atoms with Gasteiger partial charge in [-0.1, -0.05) is 12.1 Å². The van der Waals surface area contributed by atoms with Crippen molar-refractivity contribution >= 4 is 17.5 Å². The Kier molecular flexibility index (Phi) is 6.84. The van der Waals surface area contributed by atoms with E-state index >= 15 is 0 Å². The average molecular weight is 455 g/mol. The number of rotatable bonds is 6. The molecule has 1 aromatic carbocycles. The molecule has 2 aromatic heterocycles. The van der Waals surface area contributed by atoms with Crippen LogP contribution < -0.4 is 10.6 Å². The molecule has 1 saturated carbocycles. The lowest BCUT2D eigenvalue weighted by Crippen LogP contribution is -2.31. The Labute approximate surface area is 198 Å². The number of carbonyl (C=O) groups is 1. The third-order valence-corrected chi connectivity index (χ3v) is 6.04. The highest BCUT2D eigenvalue weighted by Crippen LogP contribution is 2.32. The van der Waals surface area contributed by atoms with Crippen LogP contribution in [0.2, 0.25) is 0 Å². The number of aryl methyl sites for hydroxylation is 1. The van der Waals surface area contributed by atoms with Crippen LogP contribution >= 0.6 is 0 Å². The predicted molar refractivity (Wildman–Crippen MR) is 127 cm³/mol. The summed E-state index contributed by atoms with van der Waals surface area (Å²) < 4.78 is 1.96. The van der Waals surface area contributed by atoms with E-state index in [0.29, 0.717) is 17.6 Å². The molecule has 1 aliphatic carbocycles. The normalized spacial score (nSPS) is 18.4. The first kappa shape index (κ1) is 22.9. The summed E-state index contributed by atoms with van der Waals surface area (Å²) in [6, 6.07) is 11.2. The Bertz CT molecular complexity index is 1240. The molecule has 34 heavy (non-hydrogen) atoms. The Morgan fingerprint density at radius 2 is 1.88 bits per heavy atom. The second kappa shape index (κ2) is 10.1. The van der Waals surface area contributed by atoms with Crippen LogP contribution in [0.15, 0.2) is 42.9 Å². The van der Waals surface area contributed by atoms with Crippen molar-refractivity contribution < 1.29 is 4.79 Å². The number of nitriles is 2. The van der Waals surface area contributed by atoms with Gasteiger partial charge in [0.05, 0.1) is 35.8 Å². The van der Waals surface area contributed by atoms with E-state index in [0.717, 1.165) is 48.2 Å². The molecule has 0 aliphatic heterocycles. The lowest BCUT2D eigenvalue weighted by molar-refractivity contribution is 0.0948. The third kappa shape index (κ3) is 5.21. The quantitative estimate of drug-likeness (QED) is 0.568. The number of benzene rings is 1. The fourth-order valence-electron chi connectivity index (χ4n) is 4.09. The number of nitrogens with one attached hydrogen (secondary N) is 2. The van der Waals surface area contributed by atoms with Gasteiger partial charge in [-0.3, -0.25) is 9.48 Å². The Morgan fingerprint density at radius 3 is 2.56 bits per heavy atom. The van der Waals surface area contributed by atoms with Crippen molar-refractivity contribution in [2.45, 2.75) is 51.6 Å². The van der Waals surface area contributed by atoms with Gasteiger partial charge in [0.15, 0.2) is 0 Å². The smallest absolute Gasteiger partial charge is 0.252 e. The minimum absolute atomic E-state index is 0.161. The van der Waals surface area contributed by atoms with E-state index in [2.05, 4.69) is 31.8 Å². The predicted octanol–water partition coefficient (Wildman–Crippen LogP) is 4.29. The molecule has 0 saturated heterocycles. The molecule has 1 atom stereocenters. The van der Waals surface area contributed by atoms with Gasteiger partial charge in [-0.2, -0.15) is 15.6 Å². The van der Waals surface area contributed by atoms with E-state index in [9.17, 15) is 4.79 Å². The van der Waals surface area contributed by atoms with Crippen LogP contribution in [0.1, 0.15) is 54.6 Å². The van der Waals surface area contributed by atoms with Gasteiger partial charge in [-0.15, -0.1) is 0 Å². The zero-order chi connectivity index (χ0) is 24.1. The molecule has 0 radical (unpaired) electrons. The number of aromatic nitrogens is 4. The highest BCUT2D eigenvalue weighted by molar-refractivity contribution is 5.95. The molecule has 2 N–H and O–H groups in total. The number of carbonyl (C=O) groups excluding carboxylic acids is 1. The number of hydrogen-bond acceptors (Lipinski definition) is 7. The third-order valence-electron chi connectivity index (χ3n) is 6.04. The van der Waals surface area contributed by atoms with Crippen molar-refractivity contribution in [1.29, 1.82) is 10.5 Å². The number of amides is 1. The van der Waals surface area contributed by atoms with E-state index < -0.39 is 6.04 Å². The molecule has 172 valence electrons. The Hall–Kier alpha value is -4.24. The van der Waals surface area contributed by atoms with Gasteiger partial charge in [0, 0.05) is 29.4 Å². The summed E-state index contributed by atoms with van der Waals surface area (Å²) in [4.78, 5) is 21.3. The minimum atomic E-state index is -0.554. The van der Waals surface area contributed by atoms with Crippen molar-refractivity contribution in [3.63, 3.8) is 0 Å². The molecular formula is C25H26N8O. The number of hydrogen-bond donors (Lipinski definition) is 2. The molecule has 1 aliphatic rings. The van der Waals surface area contributed by atoms with Crippen molar-refractivity contribution in [3.8, 4) is 23.4 Å². The van der Waals surface area contributed by atoms with Gasteiger partial charge < -0.3 is 10.6 Å². The Balaban J connectivity index is 1.46. The minimum Gasteiger partial charge on any atom is -0.337 e. The monoisotopic (exact) mass is 454 g/mol. The summed E-state index contributed by atoms with van der Waals surface area (Å²) in [5.41, 5.74) is 3.81. The van der Waals surface area contributed by atoms with Crippen molar-refractivity contribution in [2.75, 3.05) is 5.32 Å². The van der Waals surface area contributed by atoms with E-state index in [-0.39, 0.29) is 11.8 Å². The molecular weight excluding hydrogens is 428 g/mol. The maximum atomic E-state index is 12.2. The van der Waals surface area contributed by atoms with Gasteiger partial charge in [0.2, 0.25) is 5.95 Å². The second-order valence-corrected chi connectivity index (χ2v) is 8.60. The molecule has 3 aromatic rings. The SMILES string of the molecule is Cc1cnc(Nc2cnn([C@H]3CC[C@@H](C#N)CC3)c2)nc1-c1ccc(C(=O)N[C@@H](C)C#N)cc1. The summed E-state index contributed by atoms with van der Waals surface area (Å²) in [6.07, 6.45) is 9.19. The van der Waals surface area contributed by atoms with E-state index in [4.69, 9.17) is 10.5 Å². The van der Waals surface area contributed by atoms with Crippen LogP contribution in [0.5, 0.6) is 0 Å². The fraction of sp³-hybridized carbons (Fsp3) is 0.360. The van der Waals surface area contributed by atoms with Crippen LogP contribution in [0.4, 0.5) is 11.6 Å². The summed E-state index contributed by atoms with van der Waals surface area (Å²) in [6.45, 7) is 3.57. The summed E-state index contributed by atoms with van der Waals surface area (Å²) >= 11 is 0. The molecule has 1 fully saturated rings. The molecule has 0 bridgehead atoms. The maximum absolute atomic E-state index is 12.2. The number of anilines is 2. The van der Waals surface area contributed by atoms with E-state index in [1.807, 2.05) is 36.0 Å². The molecule has 9 heteroatoms. The van der Waals surface area contributed by atoms with Crippen LogP contribution in [-0.2, 0) is 0 Å². The molecule has 1 amide bonds. The molecule has 9 nitrogen and oxygen atoms in total. The van der Waals surface area contributed by atoms with Gasteiger partial charge in [0.1, 0.15) is 6.04 Å². The van der Waals surface area contributed by atoms with Crippen LogP contribution in [0.25, 0.3) is 11.3 Å². The first-order valence-electron chi connectivity index (χ1n) is 11.3. The lowest BCUT2D eigenvalue weighted by atomic mass is 9.87. The Morgan fingerprint density at radius 1 is 1.15 bits per heavy atom. The van der Waals surface area contributed by atoms with Crippen molar-refractivity contribution in [3.05, 3.63) is 54.0 Å². The van der Waals surface area contributed by atoms with Gasteiger partial charge in [-0.25, -0.2) is 9.97 Å². The molecule has 2 heterocycles. The lowest BCUT2D eigenvalue weighted by Gasteiger charge is -2.24. The first-order valence-corrected chi connectivity index (χ1v) is 11.3. The zero-order valence-corrected chi connectivity index (χ0v) is 19.2. The van der Waals surface area contributed by atoms with Gasteiger partial charge in [-0.05, 0) is 57.2 Å². The van der Waals surface area contributed by atoms with Crippen LogP contribution in [0, 0.1) is 35.5 Å². The fourth-order valence-corrected chi connectivity index (χ4v) is 4.09. The first-order chi connectivity index (χ1) is 16.5. The highest BCUT2D eigenvalue weighted by Gasteiger charge is 2.22. The van der Waals surface area contributed by atoms with Gasteiger partial charge >= 0.3 is 0 Å². The maximum Gasteiger partial charge on any atom is 0.252 e. The molecule has 0 unspecified atom stereocenters. The number of nitrogens with zero attached hydrogens (tertiary/aromatic N) is 6. The van der Waals surface area contributed by atoms with E-state index in [1.165, 1.54) is 0 Å². The summed E-state index contributed by atoms with van der Waals surface area (Å²) in [7, 11) is 0. The molecule has 0 spiro atoms. The van der Waals surface area contributed by atoms with Crippen LogP contribution in [-0.4, -0.2) is 31.7 Å². The van der Waals surface area contributed by atoms with E-state index in [1.54, 1.807) is 31.5 Å². The summed E-state index contributed by atoms with van der Waals surface area (Å²) in [5, 5.41) is 28.3. The molecule has 4 rings (SSSR count). The summed E-state index contributed by atoms with van der Waals surface area (Å²) in [5.74, 6) is 0.326. The second-order valence-electron chi connectivity index (χ2n) is 8.60. The highest BCUT2D eigenvalue weighted by atomic mass is 16.1. The topological polar surface area (TPSA) is 132 Å². The van der Waals surface area contributed by atoms with Crippen molar-refractivity contribution in [1.82, 2.24) is 25.1 Å². The standard InChI is InChI=1S/C25H26N8O/c1-16-13-28-25(31-21-14-29-33(15-21)22-9-3-18(12-27)4-10-22)32-23(16)19-5-7-20(8-6-19)24(34)30-17(2)11-26/h5-8,13-15,17-18,22H,3-4,9-10H2,1-2H3,(H,30,34)(H,28,31,32)/t17-,18-,22+/m0/s1. The average Bonchev–Trinajstić information content (AvgIpc) is 3.33. The largest absolute Gasteiger partial charge is 0.337 e. The van der Waals surface area contributed by atoms with Crippen LogP contribution in [0.3, 0.4) is 0 Å². The zero-order valence-electron chi connectivity index (χ0n) is 19.2. The van der Waals surface area contributed by atoms with Crippen molar-refractivity contribution in [2.24, 2.45) is 5.92 Å².